The zero-order valence-electron chi connectivity index (χ0n) is 13.0. The van der Waals surface area contributed by atoms with Crippen molar-refractivity contribution in [1.82, 2.24) is 4.90 Å². The van der Waals surface area contributed by atoms with Crippen LogP contribution in [0.4, 0.5) is 5.69 Å². The summed E-state index contributed by atoms with van der Waals surface area (Å²) in [5, 5.41) is 0. The molecule has 3 rings (SSSR count). The fraction of sp³-hybridized carbons (Fsp3) is 0.529. The van der Waals surface area contributed by atoms with Crippen molar-refractivity contribution in [2.75, 3.05) is 24.5 Å². The minimum absolute atomic E-state index is 0.0442. The number of rotatable bonds is 3. The van der Waals surface area contributed by atoms with Gasteiger partial charge in [-0.3, -0.25) is 9.59 Å². The van der Waals surface area contributed by atoms with Gasteiger partial charge in [-0.2, -0.15) is 0 Å². The molecule has 2 saturated heterocycles. The van der Waals surface area contributed by atoms with Crippen molar-refractivity contribution in [3.05, 3.63) is 29.8 Å². The monoisotopic (exact) mass is 301 g/mol. The molecule has 2 N–H and O–H groups in total. The first-order valence-electron chi connectivity index (χ1n) is 8.02. The Bertz CT molecular complexity index is 587. The number of hydrogen-bond donors (Lipinski definition) is 1. The molecule has 2 heterocycles. The van der Waals surface area contributed by atoms with Crippen LogP contribution < -0.4 is 10.6 Å². The quantitative estimate of drug-likeness (QED) is 0.911. The van der Waals surface area contributed by atoms with Crippen molar-refractivity contribution in [1.29, 1.82) is 0 Å². The molecule has 0 aliphatic carbocycles. The van der Waals surface area contributed by atoms with E-state index in [-0.39, 0.29) is 23.8 Å². The number of nitrogens with zero attached hydrogens (tertiary/aromatic N) is 2. The standard InChI is InChI=1S/C17H23N3O2/c1-2-12-5-3-4-6-15(12)20-10-13(9-16(20)21)17(22)19-8-7-14(18)11-19/h3-6,13-14H,2,7-11,18H2,1H3/t13?,14-/m1/s1. The van der Waals surface area contributed by atoms with Crippen molar-refractivity contribution in [2.24, 2.45) is 11.7 Å². The molecule has 5 nitrogen and oxygen atoms in total. The van der Waals surface area contributed by atoms with Crippen molar-refractivity contribution >= 4 is 17.5 Å². The van der Waals surface area contributed by atoms with Crippen LogP contribution in [0, 0.1) is 5.92 Å². The Labute approximate surface area is 131 Å². The first-order chi connectivity index (χ1) is 10.6. The van der Waals surface area contributed by atoms with E-state index in [1.807, 2.05) is 29.2 Å². The second-order valence-corrected chi connectivity index (χ2v) is 6.22. The third-order valence-electron chi connectivity index (χ3n) is 4.67. The number of hydrogen-bond acceptors (Lipinski definition) is 3. The molecule has 0 bridgehead atoms. The Balaban J connectivity index is 1.74. The number of amides is 2. The topological polar surface area (TPSA) is 66.6 Å². The molecular weight excluding hydrogens is 278 g/mol. The van der Waals surface area contributed by atoms with E-state index >= 15 is 0 Å². The summed E-state index contributed by atoms with van der Waals surface area (Å²) in [4.78, 5) is 28.5. The van der Waals surface area contributed by atoms with Crippen molar-refractivity contribution < 1.29 is 9.59 Å². The highest BCUT2D eigenvalue weighted by Gasteiger charge is 2.39. The summed E-state index contributed by atoms with van der Waals surface area (Å²) < 4.78 is 0. The van der Waals surface area contributed by atoms with E-state index in [1.54, 1.807) is 4.90 Å². The summed E-state index contributed by atoms with van der Waals surface area (Å²) in [5.41, 5.74) is 7.97. The highest BCUT2D eigenvalue weighted by Crippen LogP contribution is 2.29. The average Bonchev–Trinajstić information content (AvgIpc) is 3.12. The molecule has 22 heavy (non-hydrogen) atoms. The van der Waals surface area contributed by atoms with Gasteiger partial charge >= 0.3 is 0 Å². The molecule has 1 aromatic carbocycles. The highest BCUT2D eigenvalue weighted by atomic mass is 16.2. The molecule has 2 atom stereocenters. The number of likely N-dealkylation sites (tertiary alicyclic amines) is 1. The molecule has 2 fully saturated rings. The van der Waals surface area contributed by atoms with Gasteiger partial charge in [-0.25, -0.2) is 0 Å². The number of carbonyl (C=O) groups is 2. The van der Waals surface area contributed by atoms with Gasteiger partial charge in [0.25, 0.3) is 0 Å². The third-order valence-corrected chi connectivity index (χ3v) is 4.67. The van der Waals surface area contributed by atoms with Crippen molar-refractivity contribution in [2.45, 2.75) is 32.2 Å². The van der Waals surface area contributed by atoms with Gasteiger partial charge in [0.05, 0.1) is 5.92 Å². The molecule has 0 radical (unpaired) electrons. The highest BCUT2D eigenvalue weighted by molar-refractivity contribution is 6.00. The predicted octanol–water partition coefficient (Wildman–Crippen LogP) is 1.16. The fourth-order valence-corrected chi connectivity index (χ4v) is 3.42. The van der Waals surface area contributed by atoms with Crippen LogP contribution in [0.25, 0.3) is 0 Å². The van der Waals surface area contributed by atoms with Crippen LogP contribution in [-0.2, 0) is 16.0 Å². The molecule has 0 saturated carbocycles. The Hall–Kier alpha value is -1.88. The molecule has 118 valence electrons. The summed E-state index contributed by atoms with van der Waals surface area (Å²) in [6.07, 6.45) is 2.04. The maximum Gasteiger partial charge on any atom is 0.228 e. The third kappa shape index (κ3) is 2.73. The summed E-state index contributed by atoms with van der Waals surface area (Å²) in [6.45, 7) is 3.90. The predicted molar refractivity (Wildman–Crippen MR) is 85.5 cm³/mol. The van der Waals surface area contributed by atoms with Crippen LogP contribution in [-0.4, -0.2) is 42.4 Å². The van der Waals surface area contributed by atoms with Crippen LogP contribution >= 0.6 is 0 Å². The summed E-state index contributed by atoms with van der Waals surface area (Å²) >= 11 is 0. The first kappa shape index (κ1) is 15.0. The van der Waals surface area contributed by atoms with Crippen molar-refractivity contribution in [3.8, 4) is 0 Å². The van der Waals surface area contributed by atoms with Gasteiger partial charge < -0.3 is 15.5 Å². The second-order valence-electron chi connectivity index (χ2n) is 6.22. The van der Waals surface area contributed by atoms with E-state index in [0.717, 1.165) is 30.6 Å². The molecule has 1 unspecified atom stereocenters. The molecule has 5 heteroatoms. The molecule has 1 aromatic rings. The number of aryl methyl sites for hydroxylation is 1. The molecule has 2 aliphatic heterocycles. The maximum atomic E-state index is 12.6. The van der Waals surface area contributed by atoms with Crippen LogP contribution in [0.2, 0.25) is 0 Å². The van der Waals surface area contributed by atoms with Gasteiger partial charge in [0, 0.05) is 37.8 Å². The van der Waals surface area contributed by atoms with Crippen LogP contribution in [0.1, 0.15) is 25.3 Å². The van der Waals surface area contributed by atoms with E-state index in [1.165, 1.54) is 0 Å². The van der Waals surface area contributed by atoms with Gasteiger partial charge in [0.1, 0.15) is 0 Å². The fourth-order valence-electron chi connectivity index (χ4n) is 3.42. The average molecular weight is 301 g/mol. The molecule has 0 aromatic heterocycles. The SMILES string of the molecule is CCc1ccccc1N1CC(C(=O)N2CC[C@@H](N)C2)CC1=O. The smallest absolute Gasteiger partial charge is 0.228 e. The Morgan fingerprint density at radius 3 is 2.77 bits per heavy atom. The van der Waals surface area contributed by atoms with E-state index < -0.39 is 0 Å². The lowest BCUT2D eigenvalue weighted by Crippen LogP contribution is -2.37. The van der Waals surface area contributed by atoms with Gasteiger partial charge in [0.15, 0.2) is 0 Å². The normalized spacial score (nSPS) is 25.1. The lowest BCUT2D eigenvalue weighted by molar-refractivity contribution is -0.134. The summed E-state index contributed by atoms with van der Waals surface area (Å²) in [7, 11) is 0. The Morgan fingerprint density at radius 2 is 2.09 bits per heavy atom. The molecule has 2 amide bonds. The molecule has 0 spiro atoms. The second kappa shape index (κ2) is 6.08. The maximum absolute atomic E-state index is 12.6. The van der Waals surface area contributed by atoms with E-state index in [9.17, 15) is 9.59 Å². The number of para-hydroxylation sites is 1. The van der Waals surface area contributed by atoms with Gasteiger partial charge in [0.2, 0.25) is 11.8 Å². The number of anilines is 1. The van der Waals surface area contributed by atoms with E-state index in [0.29, 0.717) is 19.5 Å². The van der Waals surface area contributed by atoms with Crippen molar-refractivity contribution in [3.63, 3.8) is 0 Å². The molecule has 2 aliphatic rings. The largest absolute Gasteiger partial charge is 0.341 e. The summed E-state index contributed by atoms with van der Waals surface area (Å²) in [5.74, 6) is -0.108. The summed E-state index contributed by atoms with van der Waals surface area (Å²) in [6, 6.07) is 8.01. The number of benzene rings is 1. The van der Waals surface area contributed by atoms with Gasteiger partial charge in [-0.05, 0) is 24.5 Å². The first-order valence-corrected chi connectivity index (χ1v) is 8.02. The number of carbonyl (C=O) groups excluding carboxylic acids is 2. The van der Waals surface area contributed by atoms with Gasteiger partial charge in [-0.15, -0.1) is 0 Å². The van der Waals surface area contributed by atoms with E-state index in [4.69, 9.17) is 5.73 Å². The Kier molecular flexibility index (Phi) is 4.16. The minimum atomic E-state index is -0.234. The lowest BCUT2D eigenvalue weighted by atomic mass is 10.1. The lowest BCUT2D eigenvalue weighted by Gasteiger charge is -2.22. The van der Waals surface area contributed by atoms with Crippen LogP contribution in [0.5, 0.6) is 0 Å². The van der Waals surface area contributed by atoms with E-state index in [2.05, 4.69) is 6.92 Å². The molecular formula is C17H23N3O2. The zero-order valence-corrected chi connectivity index (χ0v) is 13.0. The Morgan fingerprint density at radius 1 is 1.32 bits per heavy atom. The van der Waals surface area contributed by atoms with Gasteiger partial charge in [-0.1, -0.05) is 25.1 Å². The van der Waals surface area contributed by atoms with Crippen LogP contribution in [0.15, 0.2) is 24.3 Å². The number of nitrogens with two attached hydrogens (primary N) is 1. The zero-order chi connectivity index (χ0) is 15.7. The van der Waals surface area contributed by atoms with Crippen LogP contribution in [0.3, 0.4) is 0 Å². The minimum Gasteiger partial charge on any atom is -0.341 e.